The maximum absolute atomic E-state index is 13.0. The van der Waals surface area contributed by atoms with Crippen molar-refractivity contribution in [2.75, 3.05) is 25.7 Å². The lowest BCUT2D eigenvalue weighted by Gasteiger charge is -2.20. The van der Waals surface area contributed by atoms with Crippen molar-refractivity contribution in [1.82, 2.24) is 14.5 Å². The van der Waals surface area contributed by atoms with Crippen molar-refractivity contribution in [3.63, 3.8) is 0 Å². The van der Waals surface area contributed by atoms with E-state index < -0.39 is 21.6 Å². The SMILES string of the molecule is CCOc1cc([C@H](CS(C)(=O)=O)n2c(=O)[nH]c3cc(-c4ccccc4)cnc32)ccc1OC. The van der Waals surface area contributed by atoms with Gasteiger partial charge >= 0.3 is 5.69 Å². The lowest BCUT2D eigenvalue weighted by molar-refractivity contribution is 0.310. The molecular formula is C24H25N3O5S. The van der Waals surface area contributed by atoms with E-state index in [1.807, 2.05) is 43.3 Å². The molecule has 8 nitrogen and oxygen atoms in total. The summed E-state index contributed by atoms with van der Waals surface area (Å²) in [4.78, 5) is 20.4. The summed E-state index contributed by atoms with van der Waals surface area (Å²) >= 11 is 0. The van der Waals surface area contributed by atoms with Gasteiger partial charge in [0.1, 0.15) is 9.84 Å². The minimum atomic E-state index is -3.45. The number of aromatic nitrogens is 3. The first kappa shape index (κ1) is 22.6. The standard InChI is InChI=1S/C24H25N3O5S/c1-4-32-22-13-17(10-11-21(22)31-2)20(15-33(3,29)30)27-23-19(26-24(27)28)12-18(14-25-23)16-8-6-5-7-9-16/h5-14,20H,4,15H2,1-3H3,(H,26,28)/t20-/m0/s1. The number of fused-ring (bicyclic) bond motifs is 1. The first-order chi connectivity index (χ1) is 15.8. The molecule has 4 rings (SSSR count). The van der Waals surface area contributed by atoms with E-state index in [9.17, 15) is 13.2 Å². The highest BCUT2D eigenvalue weighted by Gasteiger charge is 2.25. The number of rotatable bonds is 8. The molecule has 1 N–H and O–H groups in total. The molecule has 0 unspecified atom stereocenters. The van der Waals surface area contributed by atoms with Crippen LogP contribution in [0.2, 0.25) is 0 Å². The quantitative estimate of drug-likeness (QED) is 0.426. The van der Waals surface area contributed by atoms with Crippen molar-refractivity contribution < 1.29 is 17.9 Å². The van der Waals surface area contributed by atoms with Crippen LogP contribution in [0.3, 0.4) is 0 Å². The molecule has 0 aliphatic carbocycles. The molecular weight excluding hydrogens is 442 g/mol. The summed E-state index contributed by atoms with van der Waals surface area (Å²) in [6.45, 7) is 2.26. The number of ether oxygens (including phenoxy) is 2. The molecule has 0 spiro atoms. The third-order valence-corrected chi connectivity index (χ3v) is 6.23. The molecule has 2 aromatic heterocycles. The van der Waals surface area contributed by atoms with Gasteiger partial charge in [0, 0.05) is 18.0 Å². The lowest BCUT2D eigenvalue weighted by atomic mass is 10.1. The molecule has 0 aliphatic heterocycles. The highest BCUT2D eigenvalue weighted by Crippen LogP contribution is 2.33. The van der Waals surface area contributed by atoms with Gasteiger partial charge in [-0.15, -0.1) is 0 Å². The zero-order valence-corrected chi connectivity index (χ0v) is 19.4. The Balaban J connectivity index is 1.88. The number of methoxy groups -OCH3 is 1. The van der Waals surface area contributed by atoms with Gasteiger partial charge in [-0.1, -0.05) is 36.4 Å². The van der Waals surface area contributed by atoms with Crippen LogP contribution in [0, 0.1) is 0 Å². The predicted molar refractivity (Wildman–Crippen MR) is 128 cm³/mol. The molecule has 9 heteroatoms. The zero-order valence-electron chi connectivity index (χ0n) is 18.6. The monoisotopic (exact) mass is 467 g/mol. The number of hydrogen-bond donors (Lipinski definition) is 1. The molecule has 0 radical (unpaired) electrons. The van der Waals surface area contributed by atoms with Crippen LogP contribution in [0.4, 0.5) is 0 Å². The van der Waals surface area contributed by atoms with Crippen molar-refractivity contribution in [1.29, 1.82) is 0 Å². The Morgan fingerprint density at radius 1 is 1.06 bits per heavy atom. The molecule has 0 saturated carbocycles. The molecule has 33 heavy (non-hydrogen) atoms. The van der Waals surface area contributed by atoms with Crippen molar-refractivity contribution in [2.45, 2.75) is 13.0 Å². The number of hydrogen-bond acceptors (Lipinski definition) is 6. The van der Waals surface area contributed by atoms with Crippen molar-refractivity contribution in [3.8, 4) is 22.6 Å². The molecule has 0 aliphatic rings. The van der Waals surface area contributed by atoms with Crippen LogP contribution in [0.5, 0.6) is 11.5 Å². The highest BCUT2D eigenvalue weighted by atomic mass is 32.2. The smallest absolute Gasteiger partial charge is 0.328 e. The Morgan fingerprint density at radius 2 is 1.82 bits per heavy atom. The summed E-state index contributed by atoms with van der Waals surface area (Å²) < 4.78 is 37.1. The van der Waals surface area contributed by atoms with Gasteiger partial charge in [-0.25, -0.2) is 18.2 Å². The number of aromatic amines is 1. The largest absolute Gasteiger partial charge is 0.493 e. The van der Waals surface area contributed by atoms with E-state index in [1.54, 1.807) is 24.4 Å². The van der Waals surface area contributed by atoms with Gasteiger partial charge in [-0.05, 0) is 36.2 Å². The van der Waals surface area contributed by atoms with Crippen LogP contribution >= 0.6 is 0 Å². The van der Waals surface area contributed by atoms with Gasteiger partial charge in [-0.2, -0.15) is 0 Å². The van der Waals surface area contributed by atoms with Crippen molar-refractivity contribution in [2.24, 2.45) is 0 Å². The number of imidazole rings is 1. The van der Waals surface area contributed by atoms with E-state index in [1.165, 1.54) is 11.7 Å². The van der Waals surface area contributed by atoms with Crippen LogP contribution in [0.15, 0.2) is 65.6 Å². The number of sulfone groups is 1. The second-order valence-corrected chi connectivity index (χ2v) is 9.90. The summed E-state index contributed by atoms with van der Waals surface area (Å²) in [6, 6.07) is 15.9. The Hall–Kier alpha value is -3.59. The first-order valence-electron chi connectivity index (χ1n) is 10.4. The van der Waals surface area contributed by atoms with Gasteiger partial charge in [-0.3, -0.25) is 4.57 Å². The van der Waals surface area contributed by atoms with E-state index in [4.69, 9.17) is 9.47 Å². The number of nitrogens with one attached hydrogen (secondary N) is 1. The molecule has 2 heterocycles. The van der Waals surface area contributed by atoms with Crippen molar-refractivity contribution in [3.05, 3.63) is 76.8 Å². The molecule has 1 atom stereocenters. The third kappa shape index (κ3) is 4.78. The van der Waals surface area contributed by atoms with Gasteiger partial charge < -0.3 is 14.5 Å². The summed E-state index contributed by atoms with van der Waals surface area (Å²) in [6.07, 6.45) is 2.83. The average Bonchev–Trinajstić information content (AvgIpc) is 3.12. The molecule has 0 saturated heterocycles. The van der Waals surface area contributed by atoms with E-state index in [0.717, 1.165) is 17.4 Å². The van der Waals surface area contributed by atoms with Gasteiger partial charge in [0.05, 0.1) is 31.0 Å². The maximum atomic E-state index is 13.0. The van der Waals surface area contributed by atoms with Gasteiger partial charge in [0.15, 0.2) is 17.1 Å². The second kappa shape index (κ2) is 9.11. The summed E-state index contributed by atoms with van der Waals surface area (Å²) in [7, 11) is -1.92. The molecule has 2 aromatic carbocycles. The Morgan fingerprint density at radius 3 is 2.48 bits per heavy atom. The number of nitrogens with zero attached hydrogens (tertiary/aromatic N) is 2. The Bertz CT molecular complexity index is 1440. The molecule has 172 valence electrons. The topological polar surface area (TPSA) is 103 Å². The first-order valence-corrected chi connectivity index (χ1v) is 12.5. The molecule has 0 fully saturated rings. The third-order valence-electron chi connectivity index (χ3n) is 5.31. The number of pyridine rings is 1. The van der Waals surface area contributed by atoms with Crippen LogP contribution in [-0.2, 0) is 9.84 Å². The summed E-state index contributed by atoms with van der Waals surface area (Å²) in [5.74, 6) is 0.721. The van der Waals surface area contributed by atoms with Gasteiger partial charge in [0.25, 0.3) is 0 Å². The second-order valence-electron chi connectivity index (χ2n) is 7.71. The highest BCUT2D eigenvalue weighted by molar-refractivity contribution is 7.90. The van der Waals surface area contributed by atoms with E-state index in [2.05, 4.69) is 9.97 Å². The lowest BCUT2D eigenvalue weighted by Crippen LogP contribution is -2.28. The summed E-state index contributed by atoms with van der Waals surface area (Å²) in [5.41, 5.74) is 2.87. The normalized spacial score (nSPS) is 12.6. The zero-order chi connectivity index (χ0) is 23.6. The fourth-order valence-electron chi connectivity index (χ4n) is 3.87. The van der Waals surface area contributed by atoms with Crippen LogP contribution < -0.4 is 15.2 Å². The van der Waals surface area contributed by atoms with E-state index in [-0.39, 0.29) is 5.75 Å². The van der Waals surface area contributed by atoms with Gasteiger partial charge in [0.2, 0.25) is 0 Å². The average molecular weight is 468 g/mol. The fourth-order valence-corrected chi connectivity index (χ4v) is 4.78. The Kier molecular flexibility index (Phi) is 6.24. The predicted octanol–water partition coefficient (Wildman–Crippen LogP) is 3.43. The molecule has 0 amide bonds. The minimum absolute atomic E-state index is 0.278. The number of benzene rings is 2. The minimum Gasteiger partial charge on any atom is -0.493 e. The number of H-pyrrole nitrogens is 1. The van der Waals surface area contributed by atoms with Crippen LogP contribution in [0.25, 0.3) is 22.3 Å². The Labute approximate surface area is 191 Å². The van der Waals surface area contributed by atoms with Crippen molar-refractivity contribution >= 4 is 21.0 Å². The molecule has 0 bridgehead atoms. The van der Waals surface area contributed by atoms with E-state index >= 15 is 0 Å². The maximum Gasteiger partial charge on any atom is 0.328 e. The fraction of sp³-hybridized carbons (Fsp3) is 0.250. The van der Waals surface area contributed by atoms with E-state index in [0.29, 0.717) is 34.8 Å². The summed E-state index contributed by atoms with van der Waals surface area (Å²) in [5, 5.41) is 0. The van der Waals surface area contributed by atoms with Crippen LogP contribution in [-0.4, -0.2) is 48.7 Å². The molecule has 4 aromatic rings. The van der Waals surface area contributed by atoms with Crippen LogP contribution in [0.1, 0.15) is 18.5 Å².